The van der Waals surface area contributed by atoms with E-state index in [1.165, 1.54) is 17.6 Å². The number of nitrogens with zero attached hydrogens (tertiary/aromatic N) is 2. The summed E-state index contributed by atoms with van der Waals surface area (Å²) < 4.78 is 5.30. The van der Waals surface area contributed by atoms with Gasteiger partial charge >= 0.3 is 11.9 Å². The first-order valence-corrected chi connectivity index (χ1v) is 9.43. The molecule has 1 fully saturated rings. The molecule has 0 bridgehead atoms. The minimum absolute atomic E-state index is 0.239. The van der Waals surface area contributed by atoms with Crippen LogP contribution in [0.25, 0.3) is 0 Å². The van der Waals surface area contributed by atoms with Crippen LogP contribution >= 0.6 is 23.1 Å². The molecule has 1 aromatic heterocycles. The molecule has 0 aliphatic carbocycles. The molecule has 1 atom stereocenters. The summed E-state index contributed by atoms with van der Waals surface area (Å²) in [5, 5.41) is 20.3. The van der Waals surface area contributed by atoms with Crippen LogP contribution in [-0.2, 0) is 9.59 Å². The van der Waals surface area contributed by atoms with Gasteiger partial charge in [-0.15, -0.1) is 16.4 Å². The summed E-state index contributed by atoms with van der Waals surface area (Å²) in [6.07, 6.45) is 1.16. The number of rotatable bonds is 6. The molecule has 0 spiro atoms. The summed E-state index contributed by atoms with van der Waals surface area (Å²) in [6.45, 7) is 0. The van der Waals surface area contributed by atoms with Crippen LogP contribution in [0.3, 0.4) is 0 Å². The summed E-state index contributed by atoms with van der Waals surface area (Å²) in [5.74, 6) is -1.52. The second-order valence-corrected chi connectivity index (χ2v) is 7.42. The molecular weight excluding hydrogens is 390 g/mol. The molecule has 1 aromatic carbocycles. The molecule has 2 aromatic rings. The van der Waals surface area contributed by atoms with Crippen molar-refractivity contribution in [2.45, 2.75) is 11.7 Å². The van der Waals surface area contributed by atoms with Gasteiger partial charge in [0.05, 0.1) is 12.6 Å². The van der Waals surface area contributed by atoms with E-state index in [9.17, 15) is 14.4 Å². The number of amides is 1. The van der Waals surface area contributed by atoms with E-state index in [2.05, 4.69) is 15.5 Å². The van der Waals surface area contributed by atoms with Crippen molar-refractivity contribution in [2.75, 3.05) is 0 Å². The maximum atomic E-state index is 12.0. The number of nitrogens with one attached hydrogen (secondary N) is 1. The number of carboxylic acids is 1. The second-order valence-electron chi connectivity index (χ2n) is 5.28. The van der Waals surface area contributed by atoms with Gasteiger partial charge in [-0.05, 0) is 29.1 Å². The molecule has 1 amide bonds. The number of thioether (sulfide) groups is 1. The van der Waals surface area contributed by atoms with Gasteiger partial charge in [-0.1, -0.05) is 30.0 Å². The third kappa shape index (κ3) is 5.25. The Labute approximate surface area is 162 Å². The highest BCUT2D eigenvalue weighted by molar-refractivity contribution is 8.15. The number of carbonyl (C=O) groups excluding carboxylic acids is 2. The molecule has 2 heterocycles. The Morgan fingerprint density at radius 1 is 1.30 bits per heavy atom. The van der Waals surface area contributed by atoms with Gasteiger partial charge in [-0.25, -0.2) is 4.79 Å². The first kappa shape index (κ1) is 18.8. The average molecular weight is 403 g/mol. The Hall–Kier alpha value is -2.98. The molecule has 1 aliphatic rings. The van der Waals surface area contributed by atoms with Crippen molar-refractivity contribution in [3.05, 3.63) is 52.2 Å². The predicted molar refractivity (Wildman–Crippen MR) is 103 cm³/mol. The minimum atomic E-state index is -1.05. The van der Waals surface area contributed by atoms with Gasteiger partial charge in [0.15, 0.2) is 5.17 Å². The number of esters is 1. The average Bonchev–Trinajstić information content (AvgIpc) is 3.26. The Kier molecular flexibility index (Phi) is 5.99. The fourth-order valence-corrected chi connectivity index (χ4v) is 3.62. The van der Waals surface area contributed by atoms with Crippen molar-refractivity contribution < 1.29 is 24.2 Å². The molecule has 8 nitrogen and oxygen atoms in total. The van der Waals surface area contributed by atoms with Gasteiger partial charge in [0.25, 0.3) is 0 Å². The summed E-state index contributed by atoms with van der Waals surface area (Å²) in [6, 6.07) is 10.2. The maximum absolute atomic E-state index is 12.0. The van der Waals surface area contributed by atoms with Crippen LogP contribution in [0.15, 0.2) is 52.0 Å². The van der Waals surface area contributed by atoms with Crippen LogP contribution in [-0.4, -0.2) is 39.6 Å². The Morgan fingerprint density at radius 3 is 2.89 bits per heavy atom. The van der Waals surface area contributed by atoms with Crippen LogP contribution in [0.4, 0.5) is 0 Å². The molecule has 0 radical (unpaired) electrons. The standard InChI is InChI=1S/C17H13N3O5S2/c21-14(22)8-13-15(23)19-17(27-13)20-18-9-10-3-1-4-11(7-10)25-16(24)12-5-2-6-26-12/h1-7,9,13H,8H2,(H,21,22)(H,19,20,23). The van der Waals surface area contributed by atoms with Crippen molar-refractivity contribution in [3.8, 4) is 5.75 Å². The van der Waals surface area contributed by atoms with Gasteiger partial charge in [0, 0.05) is 0 Å². The lowest BCUT2D eigenvalue weighted by atomic mass is 10.2. The first-order valence-electron chi connectivity index (χ1n) is 7.67. The fourth-order valence-electron chi connectivity index (χ4n) is 2.10. The number of carboxylic acid groups (broad SMARTS) is 1. The van der Waals surface area contributed by atoms with Gasteiger partial charge in [0.2, 0.25) is 5.91 Å². The zero-order chi connectivity index (χ0) is 19.2. The molecule has 10 heteroatoms. The zero-order valence-corrected chi connectivity index (χ0v) is 15.3. The minimum Gasteiger partial charge on any atom is -0.481 e. The van der Waals surface area contributed by atoms with E-state index in [0.717, 1.165) is 11.8 Å². The van der Waals surface area contributed by atoms with E-state index in [1.807, 2.05) is 0 Å². The second kappa shape index (κ2) is 8.60. The normalized spacial score (nSPS) is 18.0. The van der Waals surface area contributed by atoms with Crippen molar-refractivity contribution in [2.24, 2.45) is 10.2 Å². The van der Waals surface area contributed by atoms with Crippen LogP contribution in [0.2, 0.25) is 0 Å². The van der Waals surface area contributed by atoms with Crippen LogP contribution in [0, 0.1) is 0 Å². The van der Waals surface area contributed by atoms with E-state index < -0.39 is 23.1 Å². The Bertz CT molecular complexity index is 924. The number of hydrogen-bond acceptors (Lipinski definition) is 8. The summed E-state index contributed by atoms with van der Waals surface area (Å²) >= 11 is 2.31. The summed E-state index contributed by atoms with van der Waals surface area (Å²) in [7, 11) is 0. The van der Waals surface area contributed by atoms with E-state index in [-0.39, 0.29) is 11.6 Å². The number of hydrogen-bond donors (Lipinski definition) is 2. The molecule has 3 rings (SSSR count). The molecule has 138 valence electrons. The Balaban J connectivity index is 1.62. The highest BCUT2D eigenvalue weighted by Crippen LogP contribution is 2.22. The number of benzene rings is 1. The SMILES string of the molecule is O=C(O)CC1SC(=NN=Cc2cccc(OC(=O)c3cccs3)c2)NC1=O. The van der Waals surface area contributed by atoms with Crippen LogP contribution in [0.5, 0.6) is 5.75 Å². The highest BCUT2D eigenvalue weighted by atomic mass is 32.2. The number of ether oxygens (including phenoxy) is 1. The van der Waals surface area contributed by atoms with E-state index in [4.69, 9.17) is 9.84 Å². The van der Waals surface area contributed by atoms with Crippen molar-refractivity contribution in [1.29, 1.82) is 0 Å². The monoisotopic (exact) mass is 403 g/mol. The smallest absolute Gasteiger partial charge is 0.353 e. The van der Waals surface area contributed by atoms with Gasteiger partial charge in [0.1, 0.15) is 15.9 Å². The maximum Gasteiger partial charge on any atom is 0.353 e. The topological polar surface area (TPSA) is 117 Å². The van der Waals surface area contributed by atoms with Crippen LogP contribution in [0.1, 0.15) is 21.7 Å². The molecule has 27 heavy (non-hydrogen) atoms. The first-order chi connectivity index (χ1) is 13.0. The van der Waals surface area contributed by atoms with Crippen molar-refractivity contribution in [1.82, 2.24) is 5.32 Å². The molecule has 1 unspecified atom stereocenters. The zero-order valence-electron chi connectivity index (χ0n) is 13.7. The number of thiophene rings is 1. The van der Waals surface area contributed by atoms with Crippen molar-refractivity contribution >= 4 is 52.3 Å². The highest BCUT2D eigenvalue weighted by Gasteiger charge is 2.32. The molecule has 2 N–H and O–H groups in total. The van der Waals surface area contributed by atoms with Gasteiger partial charge in [-0.3, -0.25) is 9.59 Å². The lowest BCUT2D eigenvalue weighted by Gasteiger charge is -2.03. The summed E-state index contributed by atoms with van der Waals surface area (Å²) in [5.41, 5.74) is 0.646. The molecule has 1 saturated heterocycles. The third-order valence-corrected chi connectivity index (χ3v) is 5.20. The Morgan fingerprint density at radius 2 is 2.15 bits per heavy atom. The van der Waals surface area contributed by atoms with E-state index >= 15 is 0 Å². The van der Waals surface area contributed by atoms with E-state index in [0.29, 0.717) is 16.2 Å². The number of amidine groups is 1. The predicted octanol–water partition coefficient (Wildman–Crippen LogP) is 2.36. The van der Waals surface area contributed by atoms with Gasteiger partial charge < -0.3 is 15.2 Å². The fraction of sp³-hybridized carbons (Fsp3) is 0.118. The number of aliphatic carboxylic acids is 1. The molecule has 1 aliphatic heterocycles. The largest absolute Gasteiger partial charge is 0.481 e. The quantitative estimate of drug-likeness (QED) is 0.331. The summed E-state index contributed by atoms with van der Waals surface area (Å²) in [4.78, 5) is 34.8. The van der Waals surface area contributed by atoms with E-state index in [1.54, 1.807) is 41.8 Å². The lowest BCUT2D eigenvalue weighted by molar-refractivity contribution is -0.138. The third-order valence-electron chi connectivity index (χ3n) is 3.28. The lowest BCUT2D eigenvalue weighted by Crippen LogP contribution is -2.26. The van der Waals surface area contributed by atoms with Crippen LogP contribution < -0.4 is 10.1 Å². The number of carbonyl (C=O) groups is 3. The van der Waals surface area contributed by atoms with Crippen molar-refractivity contribution in [3.63, 3.8) is 0 Å². The van der Waals surface area contributed by atoms with Gasteiger partial charge in [-0.2, -0.15) is 5.10 Å². The molecule has 0 saturated carbocycles. The molecular formula is C17H13N3O5S2.